The minimum atomic E-state index is -0.404. The Labute approximate surface area is 117 Å². The number of anilines is 1. The molecule has 104 valence electrons. The molecule has 1 N–H and O–H groups in total. The van der Waals surface area contributed by atoms with E-state index in [4.69, 9.17) is 0 Å². The second kappa shape index (κ2) is 6.14. The highest BCUT2D eigenvalue weighted by atomic mass is 32.1. The van der Waals surface area contributed by atoms with Gasteiger partial charge in [-0.2, -0.15) is 0 Å². The summed E-state index contributed by atoms with van der Waals surface area (Å²) in [5, 5.41) is 5.46. The lowest BCUT2D eigenvalue weighted by atomic mass is 10.1. The monoisotopic (exact) mass is 281 g/mol. The van der Waals surface area contributed by atoms with Crippen LogP contribution in [0.5, 0.6) is 0 Å². The van der Waals surface area contributed by atoms with Gasteiger partial charge in [0.1, 0.15) is 6.04 Å². The molecule has 0 aliphatic carbocycles. The van der Waals surface area contributed by atoms with Gasteiger partial charge in [0.25, 0.3) is 5.91 Å². The Kier molecular flexibility index (Phi) is 4.52. The third-order valence-electron chi connectivity index (χ3n) is 3.20. The van der Waals surface area contributed by atoms with Gasteiger partial charge in [-0.3, -0.25) is 14.5 Å². The summed E-state index contributed by atoms with van der Waals surface area (Å²) in [6, 6.07) is -0.404. The van der Waals surface area contributed by atoms with Crippen LogP contribution < -0.4 is 10.2 Å². The molecule has 2 rings (SSSR count). The van der Waals surface area contributed by atoms with Crippen molar-refractivity contribution in [3.05, 3.63) is 11.1 Å². The van der Waals surface area contributed by atoms with Crippen LogP contribution in [-0.4, -0.2) is 29.4 Å². The van der Waals surface area contributed by atoms with E-state index in [0.717, 1.165) is 18.5 Å². The van der Waals surface area contributed by atoms with E-state index >= 15 is 0 Å². The summed E-state index contributed by atoms with van der Waals surface area (Å²) in [5.41, 5.74) is 0.913. The summed E-state index contributed by atoms with van der Waals surface area (Å²) in [5.74, 6) is -0.0747. The van der Waals surface area contributed by atoms with E-state index < -0.39 is 6.04 Å². The lowest BCUT2D eigenvalue weighted by Gasteiger charge is -2.23. The van der Waals surface area contributed by atoms with Crippen LogP contribution in [0, 0.1) is 6.92 Å². The average Bonchev–Trinajstić information content (AvgIpc) is 2.68. The fourth-order valence-electron chi connectivity index (χ4n) is 2.20. The number of hydrogen-bond donors (Lipinski definition) is 1. The van der Waals surface area contributed by atoms with Crippen LogP contribution in [0.15, 0.2) is 5.38 Å². The van der Waals surface area contributed by atoms with E-state index in [2.05, 4.69) is 10.3 Å². The van der Waals surface area contributed by atoms with Gasteiger partial charge in [0.15, 0.2) is 5.13 Å². The molecule has 1 aliphatic rings. The van der Waals surface area contributed by atoms with Crippen LogP contribution >= 0.6 is 11.3 Å². The Hall–Kier alpha value is -1.43. The van der Waals surface area contributed by atoms with Gasteiger partial charge in [-0.1, -0.05) is 6.42 Å². The molecule has 1 aliphatic heterocycles. The highest BCUT2D eigenvalue weighted by Crippen LogP contribution is 2.22. The van der Waals surface area contributed by atoms with E-state index in [1.807, 2.05) is 19.2 Å². The van der Waals surface area contributed by atoms with E-state index in [1.54, 1.807) is 4.90 Å². The number of hydrogen-bond acceptors (Lipinski definition) is 4. The second-order valence-electron chi connectivity index (χ2n) is 4.72. The van der Waals surface area contributed by atoms with Gasteiger partial charge in [-0.05, 0) is 26.7 Å². The lowest BCUT2D eigenvalue weighted by Crippen LogP contribution is -2.47. The second-order valence-corrected chi connectivity index (χ2v) is 5.56. The van der Waals surface area contributed by atoms with Crippen molar-refractivity contribution in [3.8, 4) is 0 Å². The van der Waals surface area contributed by atoms with Gasteiger partial charge in [0.2, 0.25) is 5.91 Å². The normalized spacial score (nSPS) is 19.7. The Bertz CT molecular complexity index is 472. The maximum atomic E-state index is 12.5. The third kappa shape index (κ3) is 3.32. The molecule has 1 aromatic rings. The molecular weight excluding hydrogens is 262 g/mol. The summed E-state index contributed by atoms with van der Waals surface area (Å²) in [7, 11) is 0. The van der Waals surface area contributed by atoms with Crippen LogP contribution in [0.2, 0.25) is 0 Å². The molecule has 0 bridgehead atoms. The highest BCUT2D eigenvalue weighted by Gasteiger charge is 2.28. The molecule has 1 saturated heterocycles. The number of carbonyl (C=O) groups excluding carboxylic acids is 2. The third-order valence-corrected chi connectivity index (χ3v) is 4.18. The number of amides is 2. The molecule has 1 unspecified atom stereocenters. The Morgan fingerprint density at radius 3 is 3.00 bits per heavy atom. The number of carbonyl (C=O) groups is 2. The van der Waals surface area contributed by atoms with Crippen molar-refractivity contribution in [2.75, 3.05) is 11.4 Å². The van der Waals surface area contributed by atoms with Gasteiger partial charge in [0, 0.05) is 18.3 Å². The van der Waals surface area contributed by atoms with Gasteiger partial charge in [-0.25, -0.2) is 4.98 Å². The summed E-state index contributed by atoms with van der Waals surface area (Å²) >= 11 is 1.46. The molecule has 2 heterocycles. The van der Waals surface area contributed by atoms with E-state index in [-0.39, 0.29) is 11.8 Å². The fourth-order valence-corrected chi connectivity index (χ4v) is 3.07. The van der Waals surface area contributed by atoms with Gasteiger partial charge in [0.05, 0.1) is 5.69 Å². The van der Waals surface area contributed by atoms with Crippen LogP contribution in [0.25, 0.3) is 0 Å². The first-order chi connectivity index (χ1) is 9.11. The van der Waals surface area contributed by atoms with E-state index in [1.165, 1.54) is 11.3 Å². The largest absolute Gasteiger partial charge is 0.344 e. The molecular formula is C13H19N3O2S. The Morgan fingerprint density at radius 1 is 1.58 bits per heavy atom. The molecule has 6 heteroatoms. The molecule has 1 atom stereocenters. The Balaban J connectivity index is 2.13. The van der Waals surface area contributed by atoms with Crippen molar-refractivity contribution in [2.24, 2.45) is 0 Å². The predicted molar refractivity (Wildman–Crippen MR) is 75.3 cm³/mol. The highest BCUT2D eigenvalue weighted by molar-refractivity contribution is 7.14. The molecule has 19 heavy (non-hydrogen) atoms. The molecule has 2 amide bonds. The summed E-state index contributed by atoms with van der Waals surface area (Å²) < 4.78 is 0. The van der Waals surface area contributed by atoms with Crippen molar-refractivity contribution in [3.63, 3.8) is 0 Å². The lowest BCUT2D eigenvalue weighted by molar-refractivity contribution is -0.127. The molecule has 0 spiro atoms. The molecule has 5 nitrogen and oxygen atoms in total. The standard InChI is InChI=1S/C13H19N3O2S/c1-3-16(13-14-9(2)8-19-13)12(18)10-6-4-5-7-11(17)15-10/h8,10H,3-7H2,1-2H3,(H,15,17). The van der Waals surface area contributed by atoms with Crippen LogP contribution in [-0.2, 0) is 9.59 Å². The number of aryl methyl sites for hydroxylation is 1. The average molecular weight is 281 g/mol. The smallest absolute Gasteiger partial charge is 0.251 e. The first-order valence-electron chi connectivity index (χ1n) is 6.64. The number of nitrogens with one attached hydrogen (secondary N) is 1. The van der Waals surface area contributed by atoms with Crippen molar-refractivity contribution < 1.29 is 9.59 Å². The minimum absolute atomic E-state index is 0.0257. The maximum absolute atomic E-state index is 12.5. The molecule has 1 aromatic heterocycles. The zero-order valence-electron chi connectivity index (χ0n) is 11.3. The van der Waals surface area contributed by atoms with Crippen molar-refractivity contribution >= 4 is 28.3 Å². The predicted octanol–water partition coefficient (Wildman–Crippen LogP) is 1.86. The first-order valence-corrected chi connectivity index (χ1v) is 7.52. The molecule has 0 saturated carbocycles. The Morgan fingerprint density at radius 2 is 2.37 bits per heavy atom. The minimum Gasteiger partial charge on any atom is -0.344 e. The van der Waals surface area contributed by atoms with Gasteiger partial charge < -0.3 is 5.32 Å². The van der Waals surface area contributed by atoms with Crippen molar-refractivity contribution in [2.45, 2.75) is 45.6 Å². The fraction of sp³-hybridized carbons (Fsp3) is 0.615. The van der Waals surface area contributed by atoms with Crippen molar-refractivity contribution in [1.82, 2.24) is 10.3 Å². The van der Waals surface area contributed by atoms with Crippen LogP contribution in [0.4, 0.5) is 5.13 Å². The number of aromatic nitrogens is 1. The zero-order chi connectivity index (χ0) is 13.8. The summed E-state index contributed by atoms with van der Waals surface area (Å²) in [6.07, 6.45) is 3.00. The van der Waals surface area contributed by atoms with Gasteiger partial charge in [-0.15, -0.1) is 11.3 Å². The summed E-state index contributed by atoms with van der Waals surface area (Å²) in [4.78, 5) is 30.1. The number of nitrogens with zero attached hydrogens (tertiary/aromatic N) is 2. The maximum Gasteiger partial charge on any atom is 0.251 e. The number of rotatable bonds is 3. The summed E-state index contributed by atoms with van der Waals surface area (Å²) in [6.45, 7) is 4.40. The van der Waals surface area contributed by atoms with E-state index in [0.29, 0.717) is 24.5 Å². The van der Waals surface area contributed by atoms with Gasteiger partial charge >= 0.3 is 0 Å². The first kappa shape index (κ1) is 14.0. The number of likely N-dealkylation sites (N-methyl/N-ethyl adjacent to an activating group) is 1. The van der Waals surface area contributed by atoms with Crippen LogP contribution in [0.3, 0.4) is 0 Å². The van der Waals surface area contributed by atoms with Crippen molar-refractivity contribution in [1.29, 1.82) is 0 Å². The molecule has 0 radical (unpaired) electrons. The zero-order valence-corrected chi connectivity index (χ0v) is 12.1. The molecule has 0 aromatic carbocycles. The topological polar surface area (TPSA) is 62.3 Å². The van der Waals surface area contributed by atoms with E-state index in [9.17, 15) is 9.59 Å². The quantitative estimate of drug-likeness (QED) is 0.920. The number of thiazole rings is 1. The molecule has 1 fully saturated rings. The SMILES string of the molecule is CCN(C(=O)C1CCCCC(=O)N1)c1nc(C)cs1. The van der Waals surface area contributed by atoms with Crippen LogP contribution in [0.1, 0.15) is 38.3 Å².